The topological polar surface area (TPSA) is 41.1 Å². The van der Waals surface area contributed by atoms with Gasteiger partial charge in [-0.2, -0.15) is 0 Å². The van der Waals surface area contributed by atoms with Gasteiger partial charge < -0.3 is 10.6 Å². The Morgan fingerprint density at radius 1 is 1.44 bits per heavy atom. The molecule has 1 heterocycles. The molecular formula is C14H20N2OS. The third-order valence-electron chi connectivity index (χ3n) is 3.05. The summed E-state index contributed by atoms with van der Waals surface area (Å²) in [6, 6.07) is 8.02. The summed E-state index contributed by atoms with van der Waals surface area (Å²) in [4.78, 5) is 12.1. The van der Waals surface area contributed by atoms with Crippen LogP contribution in [0.3, 0.4) is 0 Å². The number of amides is 1. The number of nitrogens with one attached hydrogen (secondary N) is 2. The monoisotopic (exact) mass is 264 g/mol. The number of carbonyl (C=O) groups excluding carboxylic acids is 1. The maximum atomic E-state index is 12.1. The Morgan fingerprint density at radius 2 is 2.33 bits per heavy atom. The van der Waals surface area contributed by atoms with Crippen LogP contribution in [0, 0.1) is 0 Å². The zero-order valence-corrected chi connectivity index (χ0v) is 11.6. The van der Waals surface area contributed by atoms with Gasteiger partial charge in [0.15, 0.2) is 0 Å². The van der Waals surface area contributed by atoms with Gasteiger partial charge in [-0.05, 0) is 43.3 Å². The van der Waals surface area contributed by atoms with E-state index in [4.69, 9.17) is 0 Å². The molecule has 0 saturated carbocycles. The predicted molar refractivity (Wildman–Crippen MR) is 77.9 cm³/mol. The second-order valence-electron chi connectivity index (χ2n) is 4.58. The maximum Gasteiger partial charge on any atom is 0.237 e. The summed E-state index contributed by atoms with van der Waals surface area (Å²) >= 11 is 1.78. The second-order valence-corrected chi connectivity index (χ2v) is 5.89. The summed E-state index contributed by atoms with van der Waals surface area (Å²) in [5, 5.41) is 6.27. The minimum absolute atomic E-state index is 0.131. The minimum atomic E-state index is 0.131. The smallest absolute Gasteiger partial charge is 0.237 e. The number of rotatable bonds is 4. The normalized spacial score (nSPS) is 19.5. The van der Waals surface area contributed by atoms with E-state index in [9.17, 15) is 4.79 Å². The van der Waals surface area contributed by atoms with Gasteiger partial charge in [0.1, 0.15) is 0 Å². The molecule has 1 aliphatic rings. The first-order valence-electron chi connectivity index (χ1n) is 6.45. The molecule has 1 unspecified atom stereocenters. The third kappa shape index (κ3) is 3.75. The van der Waals surface area contributed by atoms with E-state index >= 15 is 0 Å². The Hall–Kier alpha value is -1.00. The van der Waals surface area contributed by atoms with Crippen molar-refractivity contribution in [1.29, 1.82) is 0 Å². The van der Waals surface area contributed by atoms with Crippen molar-refractivity contribution in [1.82, 2.24) is 5.32 Å². The average Bonchev–Trinajstić information content (AvgIpc) is 2.40. The van der Waals surface area contributed by atoms with Crippen LogP contribution in [0.5, 0.6) is 0 Å². The lowest BCUT2D eigenvalue weighted by molar-refractivity contribution is -0.115. The zero-order valence-electron chi connectivity index (χ0n) is 10.7. The highest BCUT2D eigenvalue weighted by Gasteiger charge is 2.21. The molecule has 0 spiro atoms. The number of thioether (sulfide) groups is 1. The van der Waals surface area contributed by atoms with Crippen LogP contribution < -0.4 is 10.6 Å². The van der Waals surface area contributed by atoms with E-state index in [1.165, 1.54) is 18.4 Å². The molecule has 4 heteroatoms. The summed E-state index contributed by atoms with van der Waals surface area (Å²) in [6.07, 6.45) is 3.42. The number of benzene rings is 1. The van der Waals surface area contributed by atoms with Crippen molar-refractivity contribution in [2.45, 2.75) is 31.1 Å². The quantitative estimate of drug-likeness (QED) is 0.878. The van der Waals surface area contributed by atoms with Gasteiger partial charge in [-0.15, -0.1) is 11.8 Å². The zero-order chi connectivity index (χ0) is 12.8. The molecule has 18 heavy (non-hydrogen) atoms. The Bertz CT molecular complexity index is 403. The van der Waals surface area contributed by atoms with E-state index in [1.807, 2.05) is 25.2 Å². The number of hydrogen-bond donors (Lipinski definition) is 2. The summed E-state index contributed by atoms with van der Waals surface area (Å²) in [5.41, 5.74) is 2.09. The van der Waals surface area contributed by atoms with Crippen LogP contribution in [-0.2, 0) is 11.3 Å². The average molecular weight is 264 g/mol. The van der Waals surface area contributed by atoms with Crippen LogP contribution in [0.4, 0.5) is 5.69 Å². The number of anilines is 1. The molecule has 2 N–H and O–H groups in total. The molecule has 1 atom stereocenters. The summed E-state index contributed by atoms with van der Waals surface area (Å²) in [7, 11) is 1.92. The van der Waals surface area contributed by atoms with Crippen LogP contribution in [0.2, 0.25) is 0 Å². The molecule has 1 aromatic rings. The van der Waals surface area contributed by atoms with Crippen LogP contribution in [0.15, 0.2) is 24.3 Å². The van der Waals surface area contributed by atoms with Crippen molar-refractivity contribution in [2.75, 3.05) is 18.1 Å². The fourth-order valence-electron chi connectivity index (χ4n) is 2.13. The molecule has 1 aromatic carbocycles. The van der Waals surface area contributed by atoms with Crippen molar-refractivity contribution < 1.29 is 4.79 Å². The molecule has 1 aliphatic heterocycles. The Kier molecular flexibility index (Phi) is 5.08. The minimum Gasteiger partial charge on any atom is -0.325 e. The van der Waals surface area contributed by atoms with Gasteiger partial charge in [0, 0.05) is 12.2 Å². The molecule has 1 fully saturated rings. The van der Waals surface area contributed by atoms with Gasteiger partial charge in [0.05, 0.1) is 5.25 Å². The Labute approximate surface area is 113 Å². The van der Waals surface area contributed by atoms with Gasteiger partial charge in [-0.3, -0.25) is 4.79 Å². The maximum absolute atomic E-state index is 12.1. The second kappa shape index (κ2) is 6.81. The van der Waals surface area contributed by atoms with Crippen molar-refractivity contribution in [3.8, 4) is 0 Å². The van der Waals surface area contributed by atoms with Crippen LogP contribution in [0.25, 0.3) is 0 Å². The lowest BCUT2D eigenvalue weighted by atomic mass is 10.1. The van der Waals surface area contributed by atoms with Gasteiger partial charge in [-0.1, -0.05) is 18.6 Å². The molecule has 0 aliphatic carbocycles. The first-order chi connectivity index (χ1) is 8.79. The van der Waals surface area contributed by atoms with Gasteiger partial charge in [0.2, 0.25) is 5.91 Å². The Balaban J connectivity index is 1.95. The molecule has 0 radical (unpaired) electrons. The first-order valence-corrected chi connectivity index (χ1v) is 7.50. The molecular weight excluding hydrogens is 244 g/mol. The van der Waals surface area contributed by atoms with E-state index in [-0.39, 0.29) is 11.2 Å². The highest BCUT2D eigenvalue weighted by atomic mass is 32.2. The molecule has 3 nitrogen and oxygen atoms in total. The van der Waals surface area contributed by atoms with Crippen LogP contribution >= 0.6 is 11.8 Å². The van der Waals surface area contributed by atoms with Crippen molar-refractivity contribution in [3.05, 3.63) is 29.8 Å². The molecule has 1 amide bonds. The number of hydrogen-bond acceptors (Lipinski definition) is 3. The fourth-order valence-corrected chi connectivity index (χ4v) is 3.33. The SMILES string of the molecule is CNCc1cccc(NC(=O)C2CCCCS2)c1. The highest BCUT2D eigenvalue weighted by Crippen LogP contribution is 2.26. The Morgan fingerprint density at radius 3 is 3.06 bits per heavy atom. The third-order valence-corrected chi connectivity index (χ3v) is 4.42. The molecule has 2 rings (SSSR count). The van der Waals surface area contributed by atoms with Crippen molar-refractivity contribution in [2.24, 2.45) is 0 Å². The van der Waals surface area contributed by atoms with E-state index in [0.29, 0.717) is 0 Å². The highest BCUT2D eigenvalue weighted by molar-refractivity contribution is 8.00. The lowest BCUT2D eigenvalue weighted by Crippen LogP contribution is -2.27. The first kappa shape index (κ1) is 13.4. The van der Waals surface area contributed by atoms with E-state index in [1.54, 1.807) is 11.8 Å². The summed E-state index contributed by atoms with van der Waals surface area (Å²) in [6.45, 7) is 0.821. The summed E-state index contributed by atoms with van der Waals surface area (Å²) in [5.74, 6) is 1.26. The van der Waals surface area contributed by atoms with Crippen molar-refractivity contribution in [3.63, 3.8) is 0 Å². The molecule has 98 valence electrons. The van der Waals surface area contributed by atoms with Gasteiger partial charge >= 0.3 is 0 Å². The standard InChI is InChI=1S/C14H20N2OS/c1-15-10-11-5-4-6-12(9-11)16-14(17)13-7-2-3-8-18-13/h4-6,9,13,15H,2-3,7-8,10H2,1H3,(H,16,17). The van der Waals surface area contributed by atoms with Gasteiger partial charge in [-0.25, -0.2) is 0 Å². The van der Waals surface area contributed by atoms with E-state index in [2.05, 4.69) is 16.7 Å². The van der Waals surface area contributed by atoms with Crippen LogP contribution in [0.1, 0.15) is 24.8 Å². The van der Waals surface area contributed by atoms with Crippen LogP contribution in [-0.4, -0.2) is 24.0 Å². The largest absolute Gasteiger partial charge is 0.325 e. The molecule has 0 aromatic heterocycles. The summed E-state index contributed by atoms with van der Waals surface area (Å²) < 4.78 is 0. The van der Waals surface area contributed by atoms with Crippen molar-refractivity contribution >= 4 is 23.4 Å². The molecule has 1 saturated heterocycles. The van der Waals surface area contributed by atoms with E-state index < -0.39 is 0 Å². The molecule has 0 bridgehead atoms. The number of carbonyl (C=O) groups is 1. The predicted octanol–water partition coefficient (Wildman–Crippen LogP) is 2.63. The van der Waals surface area contributed by atoms with Gasteiger partial charge in [0.25, 0.3) is 0 Å². The fraction of sp³-hybridized carbons (Fsp3) is 0.500. The lowest BCUT2D eigenvalue weighted by Gasteiger charge is -2.20. The van der Waals surface area contributed by atoms with E-state index in [0.717, 1.165) is 24.4 Å².